The molecule has 3 aromatic rings. The van der Waals surface area contributed by atoms with Crippen LogP contribution in [0, 0.1) is 0 Å². The van der Waals surface area contributed by atoms with Crippen LogP contribution in [-0.4, -0.2) is 59.5 Å². The molecule has 33 heavy (non-hydrogen) atoms. The fourth-order valence-electron chi connectivity index (χ4n) is 5.47. The van der Waals surface area contributed by atoms with Crippen molar-refractivity contribution in [3.05, 3.63) is 65.7 Å². The maximum Gasteiger partial charge on any atom is 0.258 e. The number of fused-ring (bicyclic) bond motifs is 2. The number of likely N-dealkylation sites (tertiary alicyclic amines) is 1. The van der Waals surface area contributed by atoms with Gasteiger partial charge in [0.25, 0.3) is 5.89 Å². The van der Waals surface area contributed by atoms with Crippen LogP contribution in [0.4, 0.5) is 0 Å². The highest BCUT2D eigenvalue weighted by molar-refractivity contribution is 5.84. The van der Waals surface area contributed by atoms with Crippen LogP contribution >= 0.6 is 0 Å². The molecule has 6 rings (SSSR count). The zero-order valence-corrected chi connectivity index (χ0v) is 18.9. The van der Waals surface area contributed by atoms with Crippen molar-refractivity contribution in [2.75, 3.05) is 33.4 Å². The molecule has 4 heterocycles. The summed E-state index contributed by atoms with van der Waals surface area (Å²) in [5.74, 6) is 1.65. The van der Waals surface area contributed by atoms with Gasteiger partial charge in [-0.25, -0.2) is 4.98 Å². The van der Waals surface area contributed by atoms with Crippen LogP contribution in [0.2, 0.25) is 0 Å². The first kappa shape index (κ1) is 20.6. The maximum atomic E-state index is 5.86. The Morgan fingerprint density at radius 2 is 2.03 bits per heavy atom. The molecule has 0 radical (unpaired) electrons. The van der Waals surface area contributed by atoms with Gasteiger partial charge in [0.15, 0.2) is 0 Å². The molecular weight excluding hydrogens is 416 g/mol. The zero-order valence-electron chi connectivity index (χ0n) is 18.9. The number of nitrogens with zero attached hydrogens (tertiary/aromatic N) is 4. The highest BCUT2D eigenvalue weighted by atomic mass is 16.5. The van der Waals surface area contributed by atoms with Gasteiger partial charge < -0.3 is 18.9 Å². The third kappa shape index (κ3) is 3.75. The SMILES string of the molecule is COc1ccc(-c2noc(C3=CC4(CCN(CC5CCCO5)CC4)c4ccccc43)n2)cn1. The molecule has 2 saturated heterocycles. The predicted molar refractivity (Wildman–Crippen MR) is 124 cm³/mol. The van der Waals surface area contributed by atoms with Crippen LogP contribution in [0.1, 0.15) is 42.7 Å². The second-order valence-electron chi connectivity index (χ2n) is 9.21. The molecule has 0 saturated carbocycles. The van der Waals surface area contributed by atoms with E-state index in [4.69, 9.17) is 19.0 Å². The molecule has 1 unspecified atom stereocenters. The van der Waals surface area contributed by atoms with Gasteiger partial charge in [0.2, 0.25) is 11.7 Å². The molecule has 3 aliphatic rings. The minimum Gasteiger partial charge on any atom is -0.481 e. The van der Waals surface area contributed by atoms with Crippen molar-refractivity contribution in [2.24, 2.45) is 0 Å². The lowest BCUT2D eigenvalue weighted by molar-refractivity contribution is 0.0597. The smallest absolute Gasteiger partial charge is 0.258 e. The first-order chi connectivity index (χ1) is 16.2. The molecular formula is C26H28N4O3. The Morgan fingerprint density at radius 3 is 2.79 bits per heavy atom. The first-order valence-corrected chi connectivity index (χ1v) is 11.8. The maximum absolute atomic E-state index is 5.86. The van der Waals surface area contributed by atoms with Gasteiger partial charge in [0, 0.05) is 42.0 Å². The Balaban J connectivity index is 1.26. The summed E-state index contributed by atoms with van der Waals surface area (Å²) in [4.78, 5) is 11.5. The number of hydrogen-bond acceptors (Lipinski definition) is 7. The number of ether oxygens (including phenoxy) is 2. The lowest BCUT2D eigenvalue weighted by atomic mass is 9.74. The lowest BCUT2D eigenvalue weighted by Crippen LogP contribution is -2.43. The number of piperidine rings is 1. The average Bonchev–Trinajstić information content (AvgIpc) is 3.61. The second kappa shape index (κ2) is 8.39. The molecule has 2 fully saturated rings. The summed E-state index contributed by atoms with van der Waals surface area (Å²) in [6.45, 7) is 4.12. The van der Waals surface area contributed by atoms with Crippen molar-refractivity contribution >= 4 is 5.57 Å². The van der Waals surface area contributed by atoms with Gasteiger partial charge in [-0.15, -0.1) is 0 Å². The summed E-state index contributed by atoms with van der Waals surface area (Å²) < 4.78 is 16.8. The van der Waals surface area contributed by atoms with Gasteiger partial charge >= 0.3 is 0 Å². The van der Waals surface area contributed by atoms with Crippen molar-refractivity contribution in [3.63, 3.8) is 0 Å². The number of benzene rings is 1. The Hall–Kier alpha value is -3.03. The average molecular weight is 445 g/mol. The van der Waals surface area contributed by atoms with Crippen molar-refractivity contribution < 1.29 is 14.0 Å². The van der Waals surface area contributed by atoms with Crippen molar-refractivity contribution in [1.29, 1.82) is 0 Å². The zero-order chi connectivity index (χ0) is 22.3. The monoisotopic (exact) mass is 444 g/mol. The van der Waals surface area contributed by atoms with Gasteiger partial charge in [-0.1, -0.05) is 35.5 Å². The van der Waals surface area contributed by atoms with Crippen LogP contribution in [0.3, 0.4) is 0 Å². The minimum atomic E-state index is 0.0231. The molecule has 1 aromatic carbocycles. The molecule has 2 aliphatic heterocycles. The Kier molecular flexibility index (Phi) is 5.23. The van der Waals surface area contributed by atoms with Crippen molar-refractivity contribution in [1.82, 2.24) is 20.0 Å². The highest BCUT2D eigenvalue weighted by Crippen LogP contribution is 2.48. The number of pyridine rings is 1. The highest BCUT2D eigenvalue weighted by Gasteiger charge is 2.42. The molecule has 0 bridgehead atoms. The number of methoxy groups -OCH3 is 1. The van der Waals surface area contributed by atoms with Crippen LogP contribution in [-0.2, 0) is 10.2 Å². The van der Waals surface area contributed by atoms with E-state index < -0.39 is 0 Å². The van der Waals surface area contributed by atoms with E-state index in [1.807, 2.05) is 6.07 Å². The molecule has 170 valence electrons. The molecule has 1 atom stereocenters. The van der Waals surface area contributed by atoms with Crippen molar-refractivity contribution in [3.8, 4) is 17.3 Å². The molecule has 2 aromatic heterocycles. The van der Waals surface area contributed by atoms with Gasteiger partial charge in [0.1, 0.15) is 0 Å². The van der Waals surface area contributed by atoms with Crippen molar-refractivity contribution in [2.45, 2.75) is 37.2 Å². The molecule has 7 nitrogen and oxygen atoms in total. The van der Waals surface area contributed by atoms with Gasteiger partial charge in [0.05, 0.1) is 13.2 Å². The normalized spacial score (nSPS) is 21.8. The Morgan fingerprint density at radius 1 is 1.15 bits per heavy atom. The predicted octanol–water partition coefficient (Wildman–Crippen LogP) is 4.10. The van der Waals surface area contributed by atoms with Gasteiger partial charge in [-0.3, -0.25) is 0 Å². The summed E-state index contributed by atoms with van der Waals surface area (Å²) in [5.41, 5.74) is 4.44. The fraction of sp³-hybridized carbons (Fsp3) is 0.423. The van der Waals surface area contributed by atoms with Crippen LogP contribution in [0.25, 0.3) is 17.0 Å². The Bertz CT molecular complexity index is 1160. The summed E-state index contributed by atoms with van der Waals surface area (Å²) in [6, 6.07) is 12.4. The molecule has 1 aliphatic carbocycles. The summed E-state index contributed by atoms with van der Waals surface area (Å²) >= 11 is 0. The molecule has 0 N–H and O–H groups in total. The van der Waals surface area contributed by atoms with Crippen LogP contribution in [0.15, 0.2) is 53.2 Å². The van der Waals surface area contributed by atoms with E-state index in [2.05, 4.69) is 45.4 Å². The van der Waals surface area contributed by atoms with Gasteiger partial charge in [-0.05, 0) is 56.0 Å². The van der Waals surface area contributed by atoms with Gasteiger partial charge in [-0.2, -0.15) is 4.98 Å². The standard InChI is InChI=1S/C26H28N4O3/c1-31-23-9-8-18(16-27-23)24-28-25(33-29-24)21-15-26(22-7-3-2-6-20(21)22)10-12-30(13-11-26)17-19-5-4-14-32-19/h2-3,6-9,15-16,19H,4-5,10-14,17H2,1H3. The van der Waals surface area contributed by atoms with E-state index in [0.29, 0.717) is 23.7 Å². The summed E-state index contributed by atoms with van der Waals surface area (Å²) in [5, 5.41) is 4.23. The first-order valence-electron chi connectivity index (χ1n) is 11.8. The fourth-order valence-corrected chi connectivity index (χ4v) is 5.47. The lowest BCUT2D eigenvalue weighted by Gasteiger charge is -2.40. The third-order valence-electron chi connectivity index (χ3n) is 7.27. The quantitative estimate of drug-likeness (QED) is 0.587. The Labute approximate surface area is 193 Å². The summed E-state index contributed by atoms with van der Waals surface area (Å²) in [6.07, 6.45) is 9.05. The van der Waals surface area contributed by atoms with Crippen LogP contribution < -0.4 is 4.74 Å². The second-order valence-corrected chi connectivity index (χ2v) is 9.21. The van der Waals surface area contributed by atoms with E-state index in [-0.39, 0.29) is 5.41 Å². The molecule has 0 amide bonds. The van der Waals surface area contributed by atoms with E-state index in [1.54, 1.807) is 19.4 Å². The molecule has 1 spiro atoms. The van der Waals surface area contributed by atoms with E-state index in [0.717, 1.165) is 50.2 Å². The number of rotatable bonds is 5. The van der Waals surface area contributed by atoms with E-state index in [1.165, 1.54) is 24.0 Å². The largest absolute Gasteiger partial charge is 0.481 e. The molecule has 7 heteroatoms. The van der Waals surface area contributed by atoms with Crippen LogP contribution in [0.5, 0.6) is 5.88 Å². The third-order valence-corrected chi connectivity index (χ3v) is 7.27. The number of aromatic nitrogens is 3. The topological polar surface area (TPSA) is 73.5 Å². The number of allylic oxidation sites excluding steroid dienone is 1. The van der Waals surface area contributed by atoms with E-state index >= 15 is 0 Å². The summed E-state index contributed by atoms with van der Waals surface area (Å²) in [7, 11) is 1.60. The minimum absolute atomic E-state index is 0.0231. The number of hydrogen-bond donors (Lipinski definition) is 0. The van der Waals surface area contributed by atoms with E-state index in [9.17, 15) is 0 Å².